The molecule has 2 aromatic rings. The van der Waals surface area contributed by atoms with Crippen molar-refractivity contribution in [3.8, 4) is 0 Å². The van der Waals surface area contributed by atoms with Gasteiger partial charge in [-0.25, -0.2) is 0 Å². The van der Waals surface area contributed by atoms with Gasteiger partial charge in [-0.2, -0.15) is 0 Å². The molecule has 0 radical (unpaired) electrons. The number of carbonyl (C=O) groups is 2. The van der Waals surface area contributed by atoms with Crippen molar-refractivity contribution >= 4 is 40.1 Å². The van der Waals surface area contributed by atoms with Crippen LogP contribution >= 0.6 is 22.6 Å². The minimum absolute atomic E-state index is 0.216. The first-order valence-corrected chi connectivity index (χ1v) is 6.61. The molecule has 96 valence electrons. The van der Waals surface area contributed by atoms with E-state index < -0.39 is 5.91 Å². The highest BCUT2D eigenvalue weighted by Crippen LogP contribution is 2.15. The van der Waals surface area contributed by atoms with E-state index in [-0.39, 0.29) is 5.91 Å². The van der Waals surface area contributed by atoms with Crippen LogP contribution in [0.1, 0.15) is 20.7 Å². The maximum absolute atomic E-state index is 12.1. The van der Waals surface area contributed by atoms with Crippen molar-refractivity contribution in [2.45, 2.75) is 0 Å². The van der Waals surface area contributed by atoms with Gasteiger partial charge in [0, 0.05) is 14.8 Å². The lowest BCUT2D eigenvalue weighted by Crippen LogP contribution is -2.15. The van der Waals surface area contributed by atoms with Crippen molar-refractivity contribution in [1.29, 1.82) is 0 Å². The van der Waals surface area contributed by atoms with E-state index in [2.05, 4.69) is 27.9 Å². The highest BCUT2D eigenvalue weighted by molar-refractivity contribution is 14.1. The molecule has 0 aromatic heterocycles. The fourth-order valence-electron chi connectivity index (χ4n) is 1.59. The zero-order valence-corrected chi connectivity index (χ0v) is 12.0. The lowest BCUT2D eigenvalue weighted by atomic mass is 10.1. The number of rotatable bonds is 3. The van der Waals surface area contributed by atoms with E-state index >= 15 is 0 Å². The van der Waals surface area contributed by atoms with Gasteiger partial charge in [0.25, 0.3) is 5.91 Å². The van der Waals surface area contributed by atoms with Gasteiger partial charge in [0.2, 0.25) is 5.91 Å². The summed E-state index contributed by atoms with van der Waals surface area (Å²) in [6.45, 7) is 0. The molecule has 2 rings (SSSR count). The predicted molar refractivity (Wildman–Crippen MR) is 82.1 cm³/mol. The molecular formula is C14H11IN2O2. The maximum atomic E-state index is 12.1. The van der Waals surface area contributed by atoms with Gasteiger partial charge in [-0.05, 0) is 52.9 Å². The standard InChI is InChI=1S/C14H11IN2O2/c15-12-7-2-1-6-11(12)14(19)17-10-5-3-4-9(8-10)13(16)18/h1-8H,(H2,16,18)(H,17,19). The number of hydrogen-bond donors (Lipinski definition) is 2. The zero-order chi connectivity index (χ0) is 13.8. The molecule has 2 aromatic carbocycles. The van der Waals surface area contributed by atoms with Gasteiger partial charge < -0.3 is 11.1 Å². The van der Waals surface area contributed by atoms with Gasteiger partial charge in [0.1, 0.15) is 0 Å². The Hall–Kier alpha value is -1.89. The molecule has 0 aliphatic rings. The van der Waals surface area contributed by atoms with Crippen molar-refractivity contribution < 1.29 is 9.59 Å². The zero-order valence-electron chi connectivity index (χ0n) is 9.89. The summed E-state index contributed by atoms with van der Waals surface area (Å²) < 4.78 is 0.864. The fraction of sp³-hybridized carbons (Fsp3) is 0. The number of nitrogens with two attached hydrogens (primary N) is 1. The SMILES string of the molecule is NC(=O)c1cccc(NC(=O)c2ccccc2I)c1. The largest absolute Gasteiger partial charge is 0.366 e. The molecule has 0 fully saturated rings. The minimum Gasteiger partial charge on any atom is -0.366 e. The number of primary amides is 1. The molecule has 2 amide bonds. The molecule has 0 bridgehead atoms. The molecule has 0 atom stereocenters. The first-order valence-electron chi connectivity index (χ1n) is 5.53. The number of carbonyl (C=O) groups excluding carboxylic acids is 2. The fourth-order valence-corrected chi connectivity index (χ4v) is 2.23. The number of hydrogen-bond acceptors (Lipinski definition) is 2. The Morgan fingerprint density at radius 2 is 1.79 bits per heavy atom. The Morgan fingerprint density at radius 1 is 1.05 bits per heavy atom. The monoisotopic (exact) mass is 366 g/mol. The first kappa shape index (κ1) is 13.5. The van der Waals surface area contributed by atoms with Crippen molar-refractivity contribution in [3.63, 3.8) is 0 Å². The third-order valence-electron chi connectivity index (χ3n) is 2.52. The summed E-state index contributed by atoms with van der Waals surface area (Å²) in [7, 11) is 0. The van der Waals surface area contributed by atoms with Crippen LogP contribution in [0.25, 0.3) is 0 Å². The van der Waals surface area contributed by atoms with Crippen LogP contribution in [0, 0.1) is 3.57 Å². The molecule has 0 saturated heterocycles. The molecule has 0 aliphatic carbocycles. The van der Waals surface area contributed by atoms with Gasteiger partial charge in [-0.15, -0.1) is 0 Å². The summed E-state index contributed by atoms with van der Waals surface area (Å²) in [5.41, 5.74) is 6.69. The van der Waals surface area contributed by atoms with Crippen LogP contribution < -0.4 is 11.1 Å². The lowest BCUT2D eigenvalue weighted by Gasteiger charge is -2.07. The Morgan fingerprint density at radius 3 is 2.47 bits per heavy atom. The Kier molecular flexibility index (Phi) is 4.16. The van der Waals surface area contributed by atoms with Crippen LogP contribution in [0.2, 0.25) is 0 Å². The average molecular weight is 366 g/mol. The number of amides is 2. The molecule has 0 unspecified atom stereocenters. The Labute approximate surface area is 124 Å². The first-order chi connectivity index (χ1) is 9.08. The van der Waals surface area contributed by atoms with E-state index in [9.17, 15) is 9.59 Å². The van der Waals surface area contributed by atoms with Gasteiger partial charge in [-0.3, -0.25) is 9.59 Å². The van der Waals surface area contributed by atoms with E-state index in [1.165, 1.54) is 0 Å². The second-order valence-electron chi connectivity index (χ2n) is 3.88. The summed E-state index contributed by atoms with van der Waals surface area (Å²) >= 11 is 2.10. The van der Waals surface area contributed by atoms with E-state index in [1.807, 2.05) is 12.1 Å². The number of benzene rings is 2. The number of nitrogens with one attached hydrogen (secondary N) is 1. The summed E-state index contributed by atoms with van der Waals surface area (Å²) in [6.07, 6.45) is 0. The Balaban J connectivity index is 2.22. The smallest absolute Gasteiger partial charge is 0.256 e. The molecule has 5 heteroatoms. The molecule has 0 heterocycles. The van der Waals surface area contributed by atoms with Crippen molar-refractivity contribution in [2.75, 3.05) is 5.32 Å². The predicted octanol–water partition coefficient (Wildman–Crippen LogP) is 2.64. The summed E-state index contributed by atoms with van der Waals surface area (Å²) in [6, 6.07) is 13.8. The molecule has 19 heavy (non-hydrogen) atoms. The quantitative estimate of drug-likeness (QED) is 0.820. The molecule has 3 N–H and O–H groups in total. The highest BCUT2D eigenvalue weighted by Gasteiger charge is 2.10. The molecular weight excluding hydrogens is 355 g/mol. The molecule has 0 aliphatic heterocycles. The third-order valence-corrected chi connectivity index (χ3v) is 3.46. The van der Waals surface area contributed by atoms with E-state index in [4.69, 9.17) is 5.73 Å². The van der Waals surface area contributed by atoms with Crippen LogP contribution in [0.3, 0.4) is 0 Å². The normalized spacial score (nSPS) is 9.95. The number of anilines is 1. The van der Waals surface area contributed by atoms with Gasteiger partial charge >= 0.3 is 0 Å². The average Bonchev–Trinajstić information content (AvgIpc) is 2.39. The summed E-state index contributed by atoms with van der Waals surface area (Å²) in [4.78, 5) is 23.2. The van der Waals surface area contributed by atoms with Crippen LogP contribution in [0.5, 0.6) is 0 Å². The Bertz CT molecular complexity index is 641. The second-order valence-corrected chi connectivity index (χ2v) is 5.04. The van der Waals surface area contributed by atoms with Crippen LogP contribution in [0.15, 0.2) is 48.5 Å². The summed E-state index contributed by atoms with van der Waals surface area (Å²) in [5.74, 6) is -0.739. The van der Waals surface area contributed by atoms with E-state index in [0.717, 1.165) is 3.57 Å². The lowest BCUT2D eigenvalue weighted by molar-refractivity contribution is 0.0996. The van der Waals surface area contributed by atoms with E-state index in [1.54, 1.807) is 36.4 Å². The highest BCUT2D eigenvalue weighted by atomic mass is 127. The van der Waals surface area contributed by atoms with Gasteiger partial charge in [0.05, 0.1) is 5.56 Å². The van der Waals surface area contributed by atoms with Crippen molar-refractivity contribution in [1.82, 2.24) is 0 Å². The molecule has 0 spiro atoms. The van der Waals surface area contributed by atoms with Crippen LogP contribution in [0.4, 0.5) is 5.69 Å². The van der Waals surface area contributed by atoms with Crippen LogP contribution in [-0.4, -0.2) is 11.8 Å². The van der Waals surface area contributed by atoms with Crippen LogP contribution in [-0.2, 0) is 0 Å². The van der Waals surface area contributed by atoms with Crippen molar-refractivity contribution in [2.24, 2.45) is 5.73 Å². The summed E-state index contributed by atoms with van der Waals surface area (Å²) in [5, 5.41) is 2.74. The molecule has 0 saturated carbocycles. The van der Waals surface area contributed by atoms with Gasteiger partial charge in [-0.1, -0.05) is 18.2 Å². The molecule has 4 nitrogen and oxygen atoms in total. The maximum Gasteiger partial charge on any atom is 0.256 e. The minimum atomic E-state index is -0.523. The van der Waals surface area contributed by atoms with Crippen molar-refractivity contribution in [3.05, 3.63) is 63.2 Å². The second kappa shape index (κ2) is 5.83. The van der Waals surface area contributed by atoms with Gasteiger partial charge in [0.15, 0.2) is 0 Å². The third kappa shape index (κ3) is 3.31. The number of halogens is 1. The van der Waals surface area contributed by atoms with E-state index in [0.29, 0.717) is 16.8 Å². The topological polar surface area (TPSA) is 72.2 Å².